The normalized spacial score (nSPS) is 9.72. The molecule has 0 atom stereocenters. The molecule has 0 radical (unpaired) electrons. The van der Waals surface area contributed by atoms with Gasteiger partial charge in [0.05, 0.1) is 18.3 Å². The summed E-state index contributed by atoms with van der Waals surface area (Å²) in [7, 11) is 0. The molecule has 90 valence electrons. The van der Waals surface area contributed by atoms with Crippen LogP contribution in [0.15, 0.2) is 17.6 Å². The summed E-state index contributed by atoms with van der Waals surface area (Å²) >= 11 is 1.23. The number of carboxylic acids is 1. The molecule has 2 aromatic rings. The molecule has 0 aliphatic heterocycles. The molecule has 2 heterocycles. The third-order valence-electron chi connectivity index (χ3n) is 2.02. The van der Waals surface area contributed by atoms with Crippen LogP contribution in [0.3, 0.4) is 0 Å². The first-order valence-corrected chi connectivity index (χ1v) is 5.72. The van der Waals surface area contributed by atoms with Crippen LogP contribution in [0.1, 0.15) is 21.1 Å². The van der Waals surface area contributed by atoms with E-state index in [4.69, 9.17) is 10.4 Å². The first-order chi connectivity index (χ1) is 8.70. The van der Waals surface area contributed by atoms with Crippen LogP contribution in [0.2, 0.25) is 0 Å². The fraction of sp³-hybridized carbons (Fsp3) is 0.100. The van der Waals surface area contributed by atoms with E-state index in [0.717, 1.165) is 0 Å². The average Bonchev–Trinajstić information content (AvgIpc) is 2.85. The van der Waals surface area contributed by atoms with Crippen molar-refractivity contribution in [3.05, 3.63) is 33.9 Å². The number of nitrogens with zero attached hydrogens (tertiary/aromatic N) is 4. The van der Waals surface area contributed by atoms with Crippen molar-refractivity contribution in [1.82, 2.24) is 15.2 Å². The van der Waals surface area contributed by atoms with E-state index in [1.165, 1.54) is 22.9 Å². The van der Waals surface area contributed by atoms with Gasteiger partial charge in [-0.25, -0.2) is 9.78 Å². The van der Waals surface area contributed by atoms with Gasteiger partial charge in [-0.2, -0.15) is 10.4 Å². The minimum absolute atomic E-state index is 0.0106. The number of thiazole rings is 1. The van der Waals surface area contributed by atoms with Crippen molar-refractivity contribution in [2.24, 2.45) is 0 Å². The van der Waals surface area contributed by atoms with Gasteiger partial charge in [-0.15, -0.1) is 16.4 Å². The lowest BCUT2D eigenvalue weighted by atomic mass is 10.3. The molecule has 18 heavy (non-hydrogen) atoms. The molecule has 0 amide bonds. The first-order valence-electron chi connectivity index (χ1n) is 4.84. The summed E-state index contributed by atoms with van der Waals surface area (Å²) in [5.41, 5.74) is 0.386. The zero-order chi connectivity index (χ0) is 13.0. The third kappa shape index (κ3) is 2.58. The van der Waals surface area contributed by atoms with Crippen LogP contribution in [0.25, 0.3) is 0 Å². The molecule has 2 N–H and O–H groups in total. The molecule has 0 aromatic carbocycles. The highest BCUT2D eigenvalue weighted by atomic mass is 32.1. The number of anilines is 1. The second kappa shape index (κ2) is 5.20. The summed E-state index contributed by atoms with van der Waals surface area (Å²) < 4.78 is 0. The predicted octanol–water partition coefficient (Wildman–Crippen LogP) is 1.12. The SMILES string of the molecule is N#Cc1ccnnc1NCc1nc(C(=O)O)cs1. The Morgan fingerprint density at radius 1 is 1.61 bits per heavy atom. The van der Waals surface area contributed by atoms with Crippen molar-refractivity contribution >= 4 is 23.1 Å². The number of carbonyl (C=O) groups is 1. The van der Waals surface area contributed by atoms with E-state index in [-0.39, 0.29) is 5.69 Å². The Bertz CT molecular complexity index is 619. The van der Waals surface area contributed by atoms with Gasteiger partial charge in [0.1, 0.15) is 11.1 Å². The number of nitrogens with one attached hydrogen (secondary N) is 1. The number of hydrogen-bond donors (Lipinski definition) is 2. The van der Waals surface area contributed by atoms with Gasteiger partial charge in [0.2, 0.25) is 0 Å². The molecule has 7 nitrogen and oxygen atoms in total. The fourth-order valence-corrected chi connectivity index (χ4v) is 1.91. The fourth-order valence-electron chi connectivity index (χ4n) is 1.20. The van der Waals surface area contributed by atoms with E-state index in [9.17, 15) is 4.79 Å². The summed E-state index contributed by atoms with van der Waals surface area (Å²) in [5, 5.41) is 30.0. The highest BCUT2D eigenvalue weighted by molar-refractivity contribution is 7.09. The Morgan fingerprint density at radius 3 is 3.11 bits per heavy atom. The van der Waals surface area contributed by atoms with Crippen molar-refractivity contribution in [3.63, 3.8) is 0 Å². The topological polar surface area (TPSA) is 112 Å². The molecule has 2 aromatic heterocycles. The van der Waals surface area contributed by atoms with Crippen molar-refractivity contribution in [2.45, 2.75) is 6.54 Å². The van der Waals surface area contributed by atoms with Gasteiger partial charge in [0.15, 0.2) is 11.5 Å². The summed E-state index contributed by atoms with van der Waals surface area (Å²) in [6.07, 6.45) is 1.43. The minimum Gasteiger partial charge on any atom is -0.476 e. The van der Waals surface area contributed by atoms with Gasteiger partial charge < -0.3 is 10.4 Å². The molecular formula is C10H7N5O2S. The first kappa shape index (κ1) is 11.9. The number of carboxylic acid groups (broad SMARTS) is 1. The lowest BCUT2D eigenvalue weighted by Crippen LogP contribution is -2.05. The molecule has 0 fully saturated rings. The lowest BCUT2D eigenvalue weighted by Gasteiger charge is -2.02. The van der Waals surface area contributed by atoms with Crippen molar-refractivity contribution in [3.8, 4) is 6.07 Å². The van der Waals surface area contributed by atoms with Crippen LogP contribution in [-0.4, -0.2) is 26.3 Å². The third-order valence-corrected chi connectivity index (χ3v) is 2.87. The standard InChI is InChI=1S/C10H7N5O2S/c11-3-6-1-2-13-15-9(6)12-4-8-14-7(5-18-8)10(16)17/h1-2,5H,4H2,(H,12,15)(H,16,17). The van der Waals surface area contributed by atoms with Crippen molar-refractivity contribution in [2.75, 3.05) is 5.32 Å². The van der Waals surface area contributed by atoms with Crippen LogP contribution >= 0.6 is 11.3 Å². The number of hydrogen-bond acceptors (Lipinski definition) is 7. The number of rotatable bonds is 4. The summed E-state index contributed by atoms with van der Waals surface area (Å²) in [6.45, 7) is 0.297. The van der Waals surface area contributed by atoms with Crippen molar-refractivity contribution in [1.29, 1.82) is 5.26 Å². The summed E-state index contributed by atoms with van der Waals surface area (Å²) in [4.78, 5) is 14.6. The largest absolute Gasteiger partial charge is 0.476 e. The van der Waals surface area contributed by atoms with Gasteiger partial charge >= 0.3 is 5.97 Å². The van der Waals surface area contributed by atoms with E-state index >= 15 is 0 Å². The number of aromatic nitrogens is 3. The zero-order valence-electron chi connectivity index (χ0n) is 8.99. The minimum atomic E-state index is -1.06. The van der Waals surface area contributed by atoms with E-state index in [0.29, 0.717) is 22.9 Å². The molecule has 0 bridgehead atoms. The van der Waals surface area contributed by atoms with E-state index in [1.54, 1.807) is 6.07 Å². The summed E-state index contributed by atoms with van der Waals surface area (Å²) in [5.74, 6) is -0.707. The van der Waals surface area contributed by atoms with Gasteiger partial charge in [0, 0.05) is 5.38 Å². The Balaban J connectivity index is 2.07. The highest BCUT2D eigenvalue weighted by Crippen LogP contribution is 2.13. The van der Waals surface area contributed by atoms with Gasteiger partial charge in [-0.1, -0.05) is 0 Å². The van der Waals surface area contributed by atoms with E-state index < -0.39 is 5.97 Å². The molecule has 0 saturated heterocycles. The smallest absolute Gasteiger partial charge is 0.355 e. The Labute approximate surface area is 106 Å². The van der Waals surface area contributed by atoms with Crippen LogP contribution < -0.4 is 5.32 Å². The maximum atomic E-state index is 10.6. The van der Waals surface area contributed by atoms with E-state index in [1.807, 2.05) is 6.07 Å². The zero-order valence-corrected chi connectivity index (χ0v) is 9.81. The monoisotopic (exact) mass is 261 g/mol. The number of nitriles is 1. The number of aromatic carboxylic acids is 1. The van der Waals surface area contributed by atoms with Crippen molar-refractivity contribution < 1.29 is 9.90 Å². The maximum Gasteiger partial charge on any atom is 0.355 e. The molecule has 8 heteroatoms. The second-order valence-electron chi connectivity index (χ2n) is 3.19. The maximum absolute atomic E-state index is 10.6. The Morgan fingerprint density at radius 2 is 2.44 bits per heavy atom. The molecule has 0 spiro atoms. The average molecular weight is 261 g/mol. The van der Waals surface area contributed by atoms with Crippen LogP contribution in [-0.2, 0) is 6.54 Å². The lowest BCUT2D eigenvalue weighted by molar-refractivity contribution is 0.0691. The van der Waals surface area contributed by atoms with Crippen LogP contribution in [0.4, 0.5) is 5.82 Å². The molecule has 2 rings (SSSR count). The van der Waals surface area contributed by atoms with Gasteiger partial charge in [0.25, 0.3) is 0 Å². The highest BCUT2D eigenvalue weighted by Gasteiger charge is 2.09. The molecular weight excluding hydrogens is 254 g/mol. The Hall–Kier alpha value is -2.53. The predicted molar refractivity (Wildman–Crippen MR) is 63.1 cm³/mol. The molecule has 0 aliphatic rings. The van der Waals surface area contributed by atoms with Gasteiger partial charge in [-0.3, -0.25) is 0 Å². The quantitative estimate of drug-likeness (QED) is 0.847. The molecule has 0 aliphatic carbocycles. The van der Waals surface area contributed by atoms with Gasteiger partial charge in [-0.05, 0) is 6.07 Å². The van der Waals surface area contributed by atoms with Crippen LogP contribution in [0, 0.1) is 11.3 Å². The van der Waals surface area contributed by atoms with Crippen LogP contribution in [0.5, 0.6) is 0 Å². The van der Waals surface area contributed by atoms with E-state index in [2.05, 4.69) is 20.5 Å². The molecule has 0 unspecified atom stereocenters. The molecule has 0 saturated carbocycles. The Kier molecular flexibility index (Phi) is 3.45. The summed E-state index contributed by atoms with van der Waals surface area (Å²) in [6, 6.07) is 3.52. The second-order valence-corrected chi connectivity index (χ2v) is 4.13.